The Balaban J connectivity index is 1.46. The van der Waals surface area contributed by atoms with Gasteiger partial charge in [-0.2, -0.15) is 0 Å². The maximum absolute atomic E-state index is 12.9. The molecule has 0 radical (unpaired) electrons. The van der Waals surface area contributed by atoms with Crippen molar-refractivity contribution in [3.05, 3.63) is 83.8 Å². The van der Waals surface area contributed by atoms with Gasteiger partial charge in [0.1, 0.15) is 11.2 Å². The van der Waals surface area contributed by atoms with E-state index in [2.05, 4.69) is 26.7 Å². The number of pyridine rings is 2. The Morgan fingerprint density at radius 3 is 2.47 bits per heavy atom. The molecular formula is C24H24N5O+. The van der Waals surface area contributed by atoms with Crippen molar-refractivity contribution in [2.24, 2.45) is 0 Å². The predicted molar refractivity (Wildman–Crippen MR) is 115 cm³/mol. The third kappa shape index (κ3) is 4.15. The van der Waals surface area contributed by atoms with Gasteiger partial charge in [-0.15, -0.1) is 5.26 Å². The number of carbonyl (C=O) groups is 1. The van der Waals surface area contributed by atoms with Gasteiger partial charge in [-0.25, -0.2) is 4.98 Å². The lowest BCUT2D eigenvalue weighted by molar-refractivity contribution is -0.100. The number of rotatable bonds is 6. The molecule has 0 spiro atoms. The summed E-state index contributed by atoms with van der Waals surface area (Å²) in [5, 5.41) is 13.9. The standard InChI is InChI=1S/C24H23N5O/c25-17-24(11-1-2-12-24)19-5-7-20(8-6-19)29-23(30)21-4-3-13-27-22(21)28-16-18-9-14-26-15-10-18/h3-10,13-15H,1-2,11-12,16H2,(H,27,28)(H,29,30)/p+1. The van der Waals surface area contributed by atoms with E-state index in [0.29, 0.717) is 23.6 Å². The van der Waals surface area contributed by atoms with E-state index in [1.807, 2.05) is 36.4 Å². The molecule has 6 nitrogen and oxygen atoms in total. The quantitative estimate of drug-likeness (QED) is 0.595. The van der Waals surface area contributed by atoms with Gasteiger partial charge in [0, 0.05) is 30.8 Å². The van der Waals surface area contributed by atoms with Crippen molar-refractivity contribution >= 4 is 17.4 Å². The van der Waals surface area contributed by atoms with E-state index < -0.39 is 0 Å². The van der Waals surface area contributed by atoms with Crippen LogP contribution in [0.4, 0.5) is 11.5 Å². The second kappa shape index (κ2) is 8.75. The van der Waals surface area contributed by atoms with Crippen molar-refractivity contribution < 1.29 is 10.1 Å². The number of anilines is 2. The third-order valence-corrected chi connectivity index (χ3v) is 5.65. The molecule has 0 saturated heterocycles. The first-order valence-corrected chi connectivity index (χ1v) is 10.1. The number of amides is 1. The topological polar surface area (TPSA) is 90.7 Å². The average molecular weight is 398 g/mol. The Morgan fingerprint density at radius 2 is 1.77 bits per heavy atom. The van der Waals surface area contributed by atoms with Crippen LogP contribution in [-0.2, 0) is 12.0 Å². The van der Waals surface area contributed by atoms with Crippen LogP contribution in [0, 0.1) is 6.07 Å². The van der Waals surface area contributed by atoms with Crippen molar-refractivity contribution in [2.45, 2.75) is 37.6 Å². The fourth-order valence-corrected chi connectivity index (χ4v) is 3.95. The highest BCUT2D eigenvalue weighted by molar-refractivity contribution is 6.07. The van der Waals surface area contributed by atoms with Gasteiger partial charge in [0.15, 0.2) is 0 Å². The minimum atomic E-state index is -0.268. The van der Waals surface area contributed by atoms with E-state index in [0.717, 1.165) is 36.8 Å². The fourth-order valence-electron chi connectivity index (χ4n) is 3.95. The molecule has 1 aliphatic carbocycles. The minimum Gasteiger partial charge on any atom is -0.365 e. The number of nitrogens with one attached hydrogen (secondary N) is 3. The van der Waals surface area contributed by atoms with Crippen LogP contribution in [-0.4, -0.2) is 15.9 Å². The van der Waals surface area contributed by atoms with Gasteiger partial charge in [-0.3, -0.25) is 9.78 Å². The zero-order valence-corrected chi connectivity index (χ0v) is 16.7. The molecule has 1 aromatic carbocycles. The van der Waals surface area contributed by atoms with Gasteiger partial charge >= 0.3 is 0 Å². The van der Waals surface area contributed by atoms with Crippen LogP contribution in [0.15, 0.2) is 67.1 Å². The lowest BCUT2D eigenvalue weighted by atomic mass is 9.80. The van der Waals surface area contributed by atoms with E-state index in [9.17, 15) is 4.79 Å². The summed E-state index contributed by atoms with van der Waals surface area (Å²) in [4.78, 5) is 21.2. The Labute approximate surface area is 176 Å². The van der Waals surface area contributed by atoms with Crippen LogP contribution in [0.25, 0.3) is 0 Å². The van der Waals surface area contributed by atoms with Crippen LogP contribution in [0.2, 0.25) is 0 Å². The van der Waals surface area contributed by atoms with E-state index in [-0.39, 0.29) is 11.3 Å². The highest BCUT2D eigenvalue weighted by atomic mass is 16.1. The molecule has 3 aromatic rings. The zero-order chi connectivity index (χ0) is 20.8. The van der Waals surface area contributed by atoms with Crippen molar-refractivity contribution in [1.29, 1.82) is 0 Å². The maximum Gasteiger partial charge on any atom is 0.281 e. The number of benzene rings is 1. The molecule has 3 N–H and O–H groups in total. The molecule has 1 saturated carbocycles. The molecule has 0 unspecified atom stereocenters. The Bertz CT molecular complexity index is 1050. The lowest BCUT2D eigenvalue weighted by Crippen LogP contribution is -2.31. The normalized spacial score (nSPS) is 14.6. The molecule has 4 rings (SSSR count). The largest absolute Gasteiger partial charge is 0.365 e. The average Bonchev–Trinajstić information content (AvgIpc) is 3.29. The minimum absolute atomic E-state index is 0.220. The Hall–Kier alpha value is -3.72. The summed E-state index contributed by atoms with van der Waals surface area (Å²) >= 11 is 0. The summed E-state index contributed by atoms with van der Waals surface area (Å²) in [7, 11) is 0. The molecule has 0 aliphatic heterocycles. The van der Waals surface area contributed by atoms with Crippen LogP contribution in [0.1, 0.15) is 47.2 Å². The smallest absolute Gasteiger partial charge is 0.281 e. The molecule has 2 aromatic heterocycles. The summed E-state index contributed by atoms with van der Waals surface area (Å²) in [5.41, 5.74) is 3.08. The summed E-state index contributed by atoms with van der Waals surface area (Å²) in [5.74, 6) is 0.314. The van der Waals surface area contributed by atoms with Crippen molar-refractivity contribution in [1.82, 2.24) is 9.97 Å². The maximum atomic E-state index is 12.9. The summed E-state index contributed by atoms with van der Waals surface area (Å²) in [6, 6.07) is 17.9. The molecule has 1 amide bonds. The van der Waals surface area contributed by atoms with Gasteiger partial charge in [0.05, 0.1) is 5.56 Å². The van der Waals surface area contributed by atoms with Crippen molar-refractivity contribution in [2.75, 3.05) is 10.6 Å². The number of aromatic nitrogens is 2. The molecule has 150 valence electrons. The molecule has 2 heterocycles. The van der Waals surface area contributed by atoms with Gasteiger partial charge in [-0.05, 0) is 60.4 Å². The first-order valence-electron chi connectivity index (χ1n) is 10.1. The Kier molecular flexibility index (Phi) is 5.71. The molecule has 1 aliphatic rings. The van der Waals surface area contributed by atoms with Crippen LogP contribution >= 0.6 is 0 Å². The molecule has 1 fully saturated rings. The molecule has 0 bridgehead atoms. The fraction of sp³-hybridized carbons (Fsp3) is 0.250. The highest BCUT2D eigenvalue weighted by Crippen LogP contribution is 2.40. The summed E-state index contributed by atoms with van der Waals surface area (Å²) in [6.07, 6.45) is 9.31. The predicted octanol–water partition coefficient (Wildman–Crippen LogP) is 2.93. The van der Waals surface area contributed by atoms with Gasteiger partial charge in [-0.1, -0.05) is 25.0 Å². The first kappa shape index (κ1) is 19.6. The van der Waals surface area contributed by atoms with Crippen LogP contribution in [0.3, 0.4) is 0 Å². The van der Waals surface area contributed by atoms with Crippen LogP contribution in [0.5, 0.6) is 0 Å². The van der Waals surface area contributed by atoms with Crippen molar-refractivity contribution in [3.8, 4) is 6.07 Å². The third-order valence-electron chi connectivity index (χ3n) is 5.65. The SMILES string of the molecule is [NH+]#CC1(c2ccc(NC(=O)c3cccnc3NCc3ccncc3)cc2)CCCC1. The second-order valence-electron chi connectivity index (χ2n) is 7.55. The molecule has 30 heavy (non-hydrogen) atoms. The number of hydrogen-bond donors (Lipinski definition) is 3. The number of nitrogens with zero attached hydrogens (tertiary/aromatic N) is 2. The van der Waals surface area contributed by atoms with Crippen molar-refractivity contribution in [3.63, 3.8) is 0 Å². The molecule has 6 heteroatoms. The molecular weight excluding hydrogens is 374 g/mol. The monoisotopic (exact) mass is 398 g/mol. The van der Waals surface area contributed by atoms with Crippen LogP contribution < -0.4 is 15.9 Å². The Morgan fingerprint density at radius 1 is 1.03 bits per heavy atom. The van der Waals surface area contributed by atoms with Gasteiger partial charge in [0.25, 0.3) is 12.0 Å². The molecule has 0 atom stereocenters. The van der Waals surface area contributed by atoms with E-state index >= 15 is 0 Å². The zero-order valence-electron chi connectivity index (χ0n) is 16.7. The number of carbonyl (C=O) groups excluding carboxylic acids is 1. The lowest BCUT2D eigenvalue weighted by Gasteiger charge is -2.18. The van der Waals surface area contributed by atoms with E-state index in [1.165, 1.54) is 0 Å². The van der Waals surface area contributed by atoms with E-state index in [4.69, 9.17) is 5.26 Å². The first-order chi connectivity index (χ1) is 14.7. The number of hydrogen-bond acceptors (Lipinski definition) is 4. The van der Waals surface area contributed by atoms with E-state index in [1.54, 1.807) is 30.7 Å². The summed E-state index contributed by atoms with van der Waals surface area (Å²) in [6.45, 7) is 0.552. The highest BCUT2D eigenvalue weighted by Gasteiger charge is 2.39. The van der Waals surface area contributed by atoms with Gasteiger partial charge in [0.2, 0.25) is 0 Å². The van der Waals surface area contributed by atoms with Gasteiger partial charge < -0.3 is 10.6 Å². The second-order valence-corrected chi connectivity index (χ2v) is 7.55. The summed E-state index contributed by atoms with van der Waals surface area (Å²) < 4.78 is 0.